The third kappa shape index (κ3) is 10.1. The van der Waals surface area contributed by atoms with Gasteiger partial charge in [0.15, 0.2) is 5.96 Å². The predicted octanol–water partition coefficient (Wildman–Crippen LogP) is 1.52. The van der Waals surface area contributed by atoms with Gasteiger partial charge in [0.05, 0.1) is 13.2 Å². The van der Waals surface area contributed by atoms with Crippen molar-refractivity contribution in [2.45, 2.75) is 32.7 Å². The molecule has 0 amide bonds. The molecule has 7 nitrogen and oxygen atoms in total. The minimum Gasteiger partial charge on any atom is -0.379 e. The van der Waals surface area contributed by atoms with E-state index < -0.39 is 0 Å². The molecule has 0 saturated carbocycles. The first-order chi connectivity index (χ1) is 12.8. The molecule has 0 aromatic carbocycles. The number of aliphatic imine (C=N–C) groups is 1. The number of guanidine groups is 1. The van der Waals surface area contributed by atoms with Gasteiger partial charge in [0.1, 0.15) is 0 Å². The summed E-state index contributed by atoms with van der Waals surface area (Å²) in [5, 5.41) is 6.67. The molecule has 1 aromatic heterocycles. The summed E-state index contributed by atoms with van der Waals surface area (Å²) in [7, 11) is 0. The molecule has 0 radical (unpaired) electrons. The number of hydrogen-bond donors (Lipinski definition) is 2. The average molecular weight is 491 g/mol. The zero-order valence-electron chi connectivity index (χ0n) is 16.4. The lowest BCUT2D eigenvalue weighted by Gasteiger charge is -2.26. The van der Waals surface area contributed by atoms with E-state index in [2.05, 4.69) is 27.4 Å². The minimum absolute atomic E-state index is 0. The van der Waals surface area contributed by atoms with Crippen LogP contribution in [0.2, 0.25) is 0 Å². The maximum Gasteiger partial charge on any atom is 0.250 e. The summed E-state index contributed by atoms with van der Waals surface area (Å²) in [6.45, 7) is 10.2. The zero-order chi connectivity index (χ0) is 18.5. The first kappa shape index (κ1) is 23.9. The summed E-state index contributed by atoms with van der Waals surface area (Å²) >= 11 is 0. The summed E-state index contributed by atoms with van der Waals surface area (Å²) in [5.74, 6) is 0.881. The van der Waals surface area contributed by atoms with Gasteiger partial charge in [-0.1, -0.05) is 6.07 Å². The number of halogens is 1. The predicted molar refractivity (Wildman–Crippen MR) is 121 cm³/mol. The molecule has 2 rings (SSSR count). The number of aromatic nitrogens is 1. The first-order valence-electron chi connectivity index (χ1n) is 9.77. The second-order valence-corrected chi connectivity index (χ2v) is 6.43. The highest BCUT2D eigenvalue weighted by molar-refractivity contribution is 14.0. The van der Waals surface area contributed by atoms with Gasteiger partial charge in [-0.3, -0.25) is 14.7 Å². The largest absolute Gasteiger partial charge is 0.379 e. The Hall–Kier alpha value is -1.13. The average Bonchev–Trinajstić information content (AvgIpc) is 2.67. The van der Waals surface area contributed by atoms with E-state index in [1.54, 1.807) is 16.7 Å². The Bertz CT molecular complexity index is 587. The van der Waals surface area contributed by atoms with Crippen molar-refractivity contribution in [1.82, 2.24) is 20.1 Å². The van der Waals surface area contributed by atoms with E-state index in [1.807, 2.05) is 12.3 Å². The normalized spacial score (nSPS) is 15.2. The molecule has 2 heterocycles. The van der Waals surface area contributed by atoms with Crippen molar-refractivity contribution in [1.29, 1.82) is 0 Å². The molecule has 1 fully saturated rings. The fourth-order valence-corrected chi connectivity index (χ4v) is 2.91. The molecule has 27 heavy (non-hydrogen) atoms. The molecule has 0 aliphatic carbocycles. The van der Waals surface area contributed by atoms with Crippen LogP contribution in [-0.2, 0) is 11.3 Å². The van der Waals surface area contributed by atoms with Crippen LogP contribution >= 0.6 is 24.0 Å². The van der Waals surface area contributed by atoms with Crippen molar-refractivity contribution in [3.05, 3.63) is 34.7 Å². The lowest BCUT2D eigenvalue weighted by Crippen LogP contribution is -2.38. The van der Waals surface area contributed by atoms with Crippen LogP contribution in [0.5, 0.6) is 0 Å². The molecule has 1 saturated heterocycles. The van der Waals surface area contributed by atoms with E-state index in [0.29, 0.717) is 0 Å². The summed E-state index contributed by atoms with van der Waals surface area (Å²) in [5.41, 5.74) is 0.0654. The Morgan fingerprint density at radius 3 is 2.70 bits per heavy atom. The molecule has 0 unspecified atom stereocenters. The van der Waals surface area contributed by atoms with Crippen LogP contribution in [0.1, 0.15) is 26.2 Å². The van der Waals surface area contributed by atoms with E-state index in [4.69, 9.17) is 4.74 Å². The van der Waals surface area contributed by atoms with Crippen molar-refractivity contribution >= 4 is 29.9 Å². The van der Waals surface area contributed by atoms with Crippen LogP contribution in [0.25, 0.3) is 0 Å². The highest BCUT2D eigenvalue weighted by Crippen LogP contribution is 1.98. The Kier molecular flexibility index (Phi) is 13.2. The van der Waals surface area contributed by atoms with Crippen LogP contribution in [0.3, 0.4) is 0 Å². The number of nitrogens with zero attached hydrogens (tertiary/aromatic N) is 3. The van der Waals surface area contributed by atoms with E-state index in [9.17, 15) is 4.79 Å². The summed E-state index contributed by atoms with van der Waals surface area (Å²) in [6, 6.07) is 5.27. The number of pyridine rings is 1. The lowest BCUT2D eigenvalue weighted by atomic mass is 10.3. The second kappa shape index (κ2) is 14.9. The molecule has 8 heteroatoms. The van der Waals surface area contributed by atoms with Crippen LogP contribution < -0.4 is 16.2 Å². The van der Waals surface area contributed by atoms with Gasteiger partial charge in [-0.15, -0.1) is 24.0 Å². The van der Waals surface area contributed by atoms with Crippen molar-refractivity contribution in [3.63, 3.8) is 0 Å². The lowest BCUT2D eigenvalue weighted by molar-refractivity contribution is 0.0377. The molecule has 1 aromatic rings. The quantitative estimate of drug-likeness (QED) is 0.225. The topological polar surface area (TPSA) is 70.9 Å². The van der Waals surface area contributed by atoms with Gasteiger partial charge in [-0.05, 0) is 32.3 Å². The molecule has 1 aliphatic rings. The van der Waals surface area contributed by atoms with Crippen LogP contribution in [-0.4, -0.2) is 67.9 Å². The van der Waals surface area contributed by atoms with E-state index in [1.165, 1.54) is 0 Å². The summed E-state index contributed by atoms with van der Waals surface area (Å²) in [6.07, 6.45) is 4.87. The fourth-order valence-electron chi connectivity index (χ4n) is 2.91. The summed E-state index contributed by atoms with van der Waals surface area (Å²) < 4.78 is 7.12. The fraction of sp³-hybridized carbons (Fsp3) is 0.684. The minimum atomic E-state index is 0. The van der Waals surface area contributed by atoms with Crippen molar-refractivity contribution in [3.8, 4) is 0 Å². The van der Waals surface area contributed by atoms with Crippen molar-refractivity contribution < 1.29 is 4.74 Å². The van der Waals surface area contributed by atoms with Crippen molar-refractivity contribution in [2.75, 3.05) is 52.5 Å². The molecule has 2 N–H and O–H groups in total. The molecule has 154 valence electrons. The van der Waals surface area contributed by atoms with E-state index in [0.717, 1.165) is 84.2 Å². The number of nitrogens with one attached hydrogen (secondary N) is 2. The van der Waals surface area contributed by atoms with Gasteiger partial charge >= 0.3 is 0 Å². The Morgan fingerprint density at radius 1 is 1.15 bits per heavy atom. The molecule has 0 atom stereocenters. The Morgan fingerprint density at radius 2 is 1.96 bits per heavy atom. The molecular formula is C19H34IN5O2. The highest BCUT2D eigenvalue weighted by atomic mass is 127. The molecule has 0 spiro atoms. The Balaban J connectivity index is 0.00000364. The standard InChI is InChI=1S/C19H33N5O2.HI/c1-2-20-19(22-10-7-11-23-14-16-26-17-15-23)21-9-4-6-13-24-12-5-3-8-18(24)25;/h3,5,8,12H,2,4,6-7,9-11,13-17H2,1H3,(H2,20,21,22);1H. The van der Waals surface area contributed by atoms with Gasteiger partial charge in [0.2, 0.25) is 5.56 Å². The number of unbranched alkanes of at least 4 members (excludes halogenated alkanes) is 1. The third-order valence-electron chi connectivity index (χ3n) is 4.37. The SMILES string of the molecule is CCNC(=NCCCN1CCOCC1)NCCCCn1ccccc1=O.I. The van der Waals surface area contributed by atoms with Gasteiger partial charge < -0.3 is 19.9 Å². The molecule has 1 aliphatic heterocycles. The zero-order valence-corrected chi connectivity index (χ0v) is 18.7. The number of aryl methyl sites for hydroxylation is 1. The van der Waals surface area contributed by atoms with Gasteiger partial charge in [-0.25, -0.2) is 0 Å². The smallest absolute Gasteiger partial charge is 0.250 e. The van der Waals surface area contributed by atoms with Crippen LogP contribution in [0.4, 0.5) is 0 Å². The van der Waals surface area contributed by atoms with Crippen LogP contribution in [0, 0.1) is 0 Å². The maximum atomic E-state index is 11.6. The van der Waals surface area contributed by atoms with Gasteiger partial charge in [0.25, 0.3) is 0 Å². The second-order valence-electron chi connectivity index (χ2n) is 6.43. The summed E-state index contributed by atoms with van der Waals surface area (Å²) in [4.78, 5) is 18.7. The van der Waals surface area contributed by atoms with Gasteiger partial charge in [0, 0.05) is 58.1 Å². The number of rotatable bonds is 10. The van der Waals surface area contributed by atoms with Crippen LogP contribution in [0.15, 0.2) is 34.2 Å². The van der Waals surface area contributed by atoms with E-state index >= 15 is 0 Å². The monoisotopic (exact) mass is 491 g/mol. The van der Waals surface area contributed by atoms with Gasteiger partial charge in [-0.2, -0.15) is 0 Å². The third-order valence-corrected chi connectivity index (χ3v) is 4.37. The molecule has 0 bridgehead atoms. The number of hydrogen-bond acceptors (Lipinski definition) is 4. The molecular weight excluding hydrogens is 457 g/mol. The Labute approximate surface area is 179 Å². The number of ether oxygens (including phenoxy) is 1. The van der Waals surface area contributed by atoms with Crippen molar-refractivity contribution in [2.24, 2.45) is 4.99 Å². The highest BCUT2D eigenvalue weighted by Gasteiger charge is 2.08. The maximum absolute atomic E-state index is 11.6. The number of morpholine rings is 1. The van der Waals surface area contributed by atoms with E-state index in [-0.39, 0.29) is 29.5 Å². The first-order valence-corrected chi connectivity index (χ1v) is 9.77.